The van der Waals surface area contributed by atoms with Gasteiger partial charge in [-0.25, -0.2) is 14.8 Å². The Morgan fingerprint density at radius 2 is 2.28 bits per heavy atom. The van der Waals surface area contributed by atoms with E-state index in [9.17, 15) is 4.79 Å². The summed E-state index contributed by atoms with van der Waals surface area (Å²) in [6.45, 7) is 1.16. The van der Waals surface area contributed by atoms with E-state index < -0.39 is 0 Å². The summed E-state index contributed by atoms with van der Waals surface area (Å²) in [5.41, 5.74) is 3.18. The van der Waals surface area contributed by atoms with Crippen molar-refractivity contribution in [2.24, 2.45) is 0 Å². The molecule has 9 nitrogen and oxygen atoms in total. The molecule has 0 spiro atoms. The zero-order chi connectivity index (χ0) is 21.9. The van der Waals surface area contributed by atoms with Crippen LogP contribution in [0.4, 0.5) is 16.3 Å². The average Bonchev–Trinajstić information content (AvgIpc) is 3.40. The normalized spacial score (nSPS) is 15.6. The summed E-state index contributed by atoms with van der Waals surface area (Å²) in [4.78, 5) is 23.2. The highest BCUT2D eigenvalue weighted by molar-refractivity contribution is 7.19. The van der Waals surface area contributed by atoms with Gasteiger partial charge in [-0.05, 0) is 43.0 Å². The number of benzene rings is 1. The number of aromatic nitrogens is 4. The molecule has 4 aromatic rings. The zero-order valence-corrected chi connectivity index (χ0v) is 18.5. The minimum absolute atomic E-state index is 0.133. The number of ether oxygens (including phenoxy) is 2. The number of hydrogen-bond donors (Lipinski definition) is 3. The van der Waals surface area contributed by atoms with Crippen molar-refractivity contribution in [1.29, 1.82) is 0 Å². The van der Waals surface area contributed by atoms with Gasteiger partial charge in [0, 0.05) is 42.6 Å². The number of fused-ring (bicyclic) bond motifs is 4. The number of thiophene rings is 1. The molecule has 0 bridgehead atoms. The van der Waals surface area contributed by atoms with Crippen LogP contribution in [0.3, 0.4) is 0 Å². The van der Waals surface area contributed by atoms with Crippen molar-refractivity contribution in [2.45, 2.75) is 31.8 Å². The van der Waals surface area contributed by atoms with E-state index in [1.807, 2.05) is 18.2 Å². The number of carbonyl (C=O) groups is 1. The quantitative estimate of drug-likeness (QED) is 0.364. The molecule has 3 heterocycles. The molecule has 0 fully saturated rings. The molecule has 1 unspecified atom stereocenters. The minimum Gasteiger partial charge on any atom is -0.446 e. The number of nitrogens with one attached hydrogen (secondary N) is 3. The van der Waals surface area contributed by atoms with E-state index in [1.165, 1.54) is 10.4 Å². The summed E-state index contributed by atoms with van der Waals surface area (Å²) in [6.07, 6.45) is 5.94. The second-order valence-corrected chi connectivity index (χ2v) is 8.83. The van der Waals surface area contributed by atoms with E-state index in [1.54, 1.807) is 31.0 Å². The van der Waals surface area contributed by atoms with Crippen LogP contribution >= 0.6 is 11.3 Å². The van der Waals surface area contributed by atoms with Gasteiger partial charge < -0.3 is 20.1 Å². The summed E-state index contributed by atoms with van der Waals surface area (Å²) in [5, 5.41) is 15.4. The Morgan fingerprint density at radius 3 is 3.19 bits per heavy atom. The van der Waals surface area contributed by atoms with Crippen LogP contribution in [-0.4, -0.2) is 52.6 Å². The number of amides is 1. The number of hydrogen-bond acceptors (Lipinski definition) is 8. The van der Waals surface area contributed by atoms with Gasteiger partial charge in [0.1, 0.15) is 23.1 Å². The summed E-state index contributed by atoms with van der Waals surface area (Å²) in [5.74, 6) is 0.797. The maximum absolute atomic E-state index is 12.1. The van der Waals surface area contributed by atoms with Gasteiger partial charge >= 0.3 is 6.09 Å². The van der Waals surface area contributed by atoms with Gasteiger partial charge in [-0.15, -0.1) is 11.3 Å². The molecule has 1 aliphatic rings. The van der Waals surface area contributed by atoms with Gasteiger partial charge in [0.15, 0.2) is 0 Å². The number of alkyl carbamates (subject to hydrolysis) is 1. The highest BCUT2D eigenvalue weighted by Crippen LogP contribution is 2.39. The first-order valence-corrected chi connectivity index (χ1v) is 11.4. The van der Waals surface area contributed by atoms with Crippen LogP contribution < -0.4 is 10.6 Å². The minimum atomic E-state index is -0.368. The molecule has 0 saturated carbocycles. The highest BCUT2D eigenvalue weighted by atomic mass is 32.1. The second-order valence-electron chi connectivity index (χ2n) is 7.75. The van der Waals surface area contributed by atoms with Gasteiger partial charge in [0.05, 0.1) is 17.1 Å². The van der Waals surface area contributed by atoms with Gasteiger partial charge in [-0.2, -0.15) is 5.10 Å². The third kappa shape index (κ3) is 4.23. The van der Waals surface area contributed by atoms with Crippen molar-refractivity contribution < 1.29 is 14.3 Å². The van der Waals surface area contributed by atoms with E-state index in [0.717, 1.165) is 51.9 Å². The van der Waals surface area contributed by atoms with Crippen molar-refractivity contribution in [3.05, 3.63) is 41.2 Å². The Hall–Kier alpha value is -3.24. The van der Waals surface area contributed by atoms with Gasteiger partial charge in [0.25, 0.3) is 0 Å². The number of aryl methyl sites for hydroxylation is 1. The number of carbonyl (C=O) groups excluding carboxylic acids is 1. The molecular formula is C22H24N6O3S. The Labute approximate surface area is 188 Å². The lowest BCUT2D eigenvalue weighted by molar-refractivity contribution is 0.0895. The fourth-order valence-corrected chi connectivity index (χ4v) is 5.28. The Morgan fingerprint density at radius 1 is 1.34 bits per heavy atom. The van der Waals surface area contributed by atoms with Crippen molar-refractivity contribution in [2.75, 3.05) is 25.6 Å². The van der Waals surface area contributed by atoms with E-state index >= 15 is 0 Å². The smallest absolute Gasteiger partial charge is 0.407 e. The van der Waals surface area contributed by atoms with Crippen LogP contribution in [0.1, 0.15) is 23.3 Å². The van der Waals surface area contributed by atoms with Gasteiger partial charge in [-0.3, -0.25) is 5.10 Å². The average molecular weight is 453 g/mol. The van der Waals surface area contributed by atoms with Crippen LogP contribution in [0.25, 0.3) is 21.1 Å². The molecule has 1 atom stereocenters. The summed E-state index contributed by atoms with van der Waals surface area (Å²) in [7, 11) is 1.65. The maximum atomic E-state index is 12.1. The molecule has 166 valence electrons. The van der Waals surface area contributed by atoms with Crippen LogP contribution in [0.5, 0.6) is 0 Å². The summed E-state index contributed by atoms with van der Waals surface area (Å²) < 4.78 is 10.6. The molecule has 0 aliphatic heterocycles. The topological polar surface area (TPSA) is 114 Å². The molecule has 1 amide bonds. The molecule has 1 aromatic carbocycles. The molecule has 0 radical (unpaired) electrons. The molecule has 0 saturated heterocycles. The number of anilines is 2. The Bertz CT molecular complexity index is 1250. The standard InChI is InChI=1S/C22H24N6O3S/c1-30-8-2-7-23-22(29)31-15-4-5-16-18(10-15)32-21-19(16)20(24-12-25-21)27-14-3-6-17-13(9-14)11-26-28-17/h3,6,9,11-12,15H,2,4-5,7-8,10H2,1H3,(H,23,29)(H,26,28)(H,24,25,27). The Kier molecular flexibility index (Phi) is 5.87. The largest absolute Gasteiger partial charge is 0.446 e. The molecular weight excluding hydrogens is 428 g/mol. The number of aromatic amines is 1. The third-order valence-electron chi connectivity index (χ3n) is 5.57. The van der Waals surface area contributed by atoms with Crippen LogP contribution in [-0.2, 0) is 22.3 Å². The lowest BCUT2D eigenvalue weighted by atomic mass is 9.94. The van der Waals surface area contributed by atoms with E-state index in [4.69, 9.17) is 9.47 Å². The van der Waals surface area contributed by atoms with Gasteiger partial charge in [-0.1, -0.05) is 0 Å². The molecule has 10 heteroatoms. The fourth-order valence-electron chi connectivity index (χ4n) is 4.03. The van der Waals surface area contributed by atoms with Crippen LogP contribution in [0.15, 0.2) is 30.7 Å². The highest BCUT2D eigenvalue weighted by Gasteiger charge is 2.27. The van der Waals surface area contributed by atoms with E-state index in [-0.39, 0.29) is 12.2 Å². The lowest BCUT2D eigenvalue weighted by Crippen LogP contribution is -2.32. The van der Waals surface area contributed by atoms with Crippen LogP contribution in [0, 0.1) is 0 Å². The number of H-pyrrole nitrogens is 1. The first-order valence-electron chi connectivity index (χ1n) is 10.6. The van der Waals surface area contributed by atoms with E-state index in [0.29, 0.717) is 19.6 Å². The molecule has 1 aliphatic carbocycles. The van der Waals surface area contributed by atoms with Crippen LogP contribution in [0.2, 0.25) is 0 Å². The molecule has 3 aromatic heterocycles. The number of methoxy groups -OCH3 is 1. The predicted molar refractivity (Wildman–Crippen MR) is 124 cm³/mol. The maximum Gasteiger partial charge on any atom is 0.407 e. The summed E-state index contributed by atoms with van der Waals surface area (Å²) in [6, 6.07) is 6.04. The number of nitrogens with zero attached hydrogens (tertiary/aromatic N) is 3. The van der Waals surface area contributed by atoms with Crippen molar-refractivity contribution in [3.63, 3.8) is 0 Å². The van der Waals surface area contributed by atoms with E-state index in [2.05, 4.69) is 30.8 Å². The second kappa shape index (κ2) is 9.09. The first kappa shape index (κ1) is 20.7. The zero-order valence-electron chi connectivity index (χ0n) is 17.7. The fraction of sp³-hybridized carbons (Fsp3) is 0.364. The molecule has 32 heavy (non-hydrogen) atoms. The van der Waals surface area contributed by atoms with Crippen molar-refractivity contribution >= 4 is 50.1 Å². The lowest BCUT2D eigenvalue weighted by Gasteiger charge is -2.22. The molecule has 5 rings (SSSR count). The SMILES string of the molecule is COCCCNC(=O)OC1CCc2c(sc3ncnc(Nc4ccc5[nH]ncc5c4)c23)C1. The third-order valence-corrected chi connectivity index (χ3v) is 6.73. The monoisotopic (exact) mass is 452 g/mol. The molecule has 3 N–H and O–H groups in total. The first-order chi connectivity index (χ1) is 15.7. The predicted octanol–water partition coefficient (Wildman–Crippen LogP) is 3.93. The van der Waals surface area contributed by atoms with Crippen molar-refractivity contribution in [3.8, 4) is 0 Å². The van der Waals surface area contributed by atoms with Gasteiger partial charge in [0.2, 0.25) is 0 Å². The Balaban J connectivity index is 1.32. The summed E-state index contributed by atoms with van der Waals surface area (Å²) >= 11 is 1.65. The van der Waals surface area contributed by atoms with Crippen molar-refractivity contribution in [1.82, 2.24) is 25.5 Å². The number of rotatable bonds is 7.